The van der Waals surface area contributed by atoms with Crippen LogP contribution in [-0.2, 0) is 0 Å². The molecular weight excluding hydrogens is 476 g/mol. The molecule has 0 atom stereocenters. The summed E-state index contributed by atoms with van der Waals surface area (Å²) in [5.74, 6) is 0.795. The number of likely N-dealkylation sites (tertiary alicyclic amines) is 1. The van der Waals surface area contributed by atoms with Crippen molar-refractivity contribution >= 4 is 51.4 Å². The Morgan fingerprint density at radius 1 is 1.33 bits per heavy atom. The molecule has 33 heavy (non-hydrogen) atoms. The molecule has 172 valence electrons. The number of anilines is 1. The zero-order valence-electron chi connectivity index (χ0n) is 18.2. The van der Waals surface area contributed by atoms with Crippen LogP contribution in [0, 0.1) is 0 Å². The number of carbonyl (C=O) groups is 2. The van der Waals surface area contributed by atoms with Crippen molar-refractivity contribution in [2.45, 2.75) is 30.7 Å². The molecule has 0 bridgehead atoms. The number of thioether (sulfide) groups is 1. The van der Waals surface area contributed by atoms with Crippen molar-refractivity contribution in [3.8, 4) is 0 Å². The van der Waals surface area contributed by atoms with Crippen LogP contribution >= 0.6 is 34.4 Å². The summed E-state index contributed by atoms with van der Waals surface area (Å²) in [7, 11) is 0. The van der Waals surface area contributed by atoms with E-state index in [1.165, 1.54) is 34.4 Å². The SMILES string of the molecule is C=CCSc1ncccc1C(=O)N1CCC(c2nc(C(=O)N(CC)c3nncs3)cs2)CC1. The highest BCUT2D eigenvalue weighted by Crippen LogP contribution is 2.32. The molecule has 1 fully saturated rings. The lowest BCUT2D eigenvalue weighted by Crippen LogP contribution is -2.38. The third-order valence-corrected chi connectivity index (χ3v) is 8.07. The zero-order valence-corrected chi connectivity index (χ0v) is 20.7. The number of amides is 2. The van der Waals surface area contributed by atoms with E-state index < -0.39 is 0 Å². The quantitative estimate of drug-likeness (QED) is 0.335. The normalized spacial score (nSPS) is 14.3. The molecule has 1 saturated heterocycles. The predicted molar refractivity (Wildman–Crippen MR) is 132 cm³/mol. The molecule has 1 aliphatic rings. The van der Waals surface area contributed by atoms with Gasteiger partial charge in [0.1, 0.15) is 16.2 Å². The number of piperidine rings is 1. The van der Waals surface area contributed by atoms with E-state index in [0.29, 0.717) is 41.8 Å². The van der Waals surface area contributed by atoms with Gasteiger partial charge in [0, 0.05) is 42.9 Å². The lowest BCUT2D eigenvalue weighted by atomic mass is 9.97. The van der Waals surface area contributed by atoms with Crippen molar-refractivity contribution in [1.82, 2.24) is 25.1 Å². The number of pyridine rings is 1. The Kier molecular flexibility index (Phi) is 7.84. The van der Waals surface area contributed by atoms with Gasteiger partial charge in [-0.2, -0.15) is 0 Å². The van der Waals surface area contributed by atoms with Crippen LogP contribution in [0.3, 0.4) is 0 Å². The minimum absolute atomic E-state index is 0.0127. The highest BCUT2D eigenvalue weighted by molar-refractivity contribution is 7.99. The predicted octanol–water partition coefficient (Wildman–Crippen LogP) is 4.35. The number of nitrogens with zero attached hydrogens (tertiary/aromatic N) is 6. The zero-order chi connectivity index (χ0) is 23.2. The first-order valence-electron chi connectivity index (χ1n) is 10.6. The maximum absolute atomic E-state index is 13.1. The smallest absolute Gasteiger partial charge is 0.279 e. The van der Waals surface area contributed by atoms with Crippen molar-refractivity contribution < 1.29 is 9.59 Å². The molecule has 4 rings (SSSR count). The largest absolute Gasteiger partial charge is 0.339 e. The maximum atomic E-state index is 13.1. The Hall–Kier alpha value is -2.63. The second kappa shape index (κ2) is 11.0. The molecular formula is C22H24N6O2S3. The van der Waals surface area contributed by atoms with Gasteiger partial charge >= 0.3 is 0 Å². The molecule has 0 aromatic carbocycles. The Bertz CT molecular complexity index is 1110. The molecule has 4 heterocycles. The molecule has 0 aliphatic carbocycles. The first-order valence-corrected chi connectivity index (χ1v) is 13.4. The van der Waals surface area contributed by atoms with Crippen LogP contribution in [0.5, 0.6) is 0 Å². The average Bonchev–Trinajstić information content (AvgIpc) is 3.56. The topological polar surface area (TPSA) is 92.2 Å². The van der Waals surface area contributed by atoms with Crippen molar-refractivity contribution in [1.29, 1.82) is 0 Å². The highest BCUT2D eigenvalue weighted by Gasteiger charge is 2.29. The van der Waals surface area contributed by atoms with Crippen LogP contribution in [0.15, 0.2) is 46.9 Å². The Balaban J connectivity index is 1.39. The van der Waals surface area contributed by atoms with Gasteiger partial charge in [-0.25, -0.2) is 9.97 Å². The minimum Gasteiger partial charge on any atom is -0.339 e. The lowest BCUT2D eigenvalue weighted by Gasteiger charge is -2.31. The van der Waals surface area contributed by atoms with Crippen LogP contribution in [0.4, 0.5) is 5.13 Å². The molecule has 0 saturated carbocycles. The van der Waals surface area contributed by atoms with E-state index in [2.05, 4.69) is 26.7 Å². The summed E-state index contributed by atoms with van der Waals surface area (Å²) in [5.41, 5.74) is 2.69. The van der Waals surface area contributed by atoms with E-state index in [1.54, 1.807) is 28.7 Å². The molecule has 0 unspecified atom stereocenters. The summed E-state index contributed by atoms with van der Waals surface area (Å²) in [5, 5.41) is 11.9. The molecule has 3 aromatic heterocycles. The summed E-state index contributed by atoms with van der Waals surface area (Å²) in [6.07, 6.45) is 5.15. The summed E-state index contributed by atoms with van der Waals surface area (Å²) < 4.78 is 0. The number of rotatable bonds is 8. The fourth-order valence-corrected chi connectivity index (χ4v) is 5.98. The number of carbonyl (C=O) groups excluding carboxylic acids is 2. The van der Waals surface area contributed by atoms with Crippen molar-refractivity contribution in [2.75, 3.05) is 30.3 Å². The van der Waals surface area contributed by atoms with E-state index >= 15 is 0 Å². The van der Waals surface area contributed by atoms with Gasteiger partial charge in [0.05, 0.1) is 10.6 Å². The Morgan fingerprint density at radius 2 is 2.15 bits per heavy atom. The van der Waals surface area contributed by atoms with E-state index in [-0.39, 0.29) is 17.7 Å². The first-order chi connectivity index (χ1) is 16.1. The van der Waals surface area contributed by atoms with Crippen LogP contribution in [0.2, 0.25) is 0 Å². The van der Waals surface area contributed by atoms with Crippen LogP contribution in [-0.4, -0.2) is 62.3 Å². The van der Waals surface area contributed by atoms with Gasteiger partial charge in [0.15, 0.2) is 0 Å². The fourth-order valence-electron chi connectivity index (χ4n) is 3.67. The third-order valence-electron chi connectivity index (χ3n) is 5.35. The van der Waals surface area contributed by atoms with Gasteiger partial charge in [0.2, 0.25) is 5.13 Å². The van der Waals surface area contributed by atoms with E-state index in [1.807, 2.05) is 23.3 Å². The fraction of sp³-hybridized carbons (Fsp3) is 0.364. The molecule has 3 aromatic rings. The third kappa shape index (κ3) is 5.31. The maximum Gasteiger partial charge on any atom is 0.279 e. The number of thiazole rings is 1. The highest BCUT2D eigenvalue weighted by atomic mass is 32.2. The number of hydrogen-bond acceptors (Lipinski definition) is 9. The summed E-state index contributed by atoms with van der Waals surface area (Å²) in [6, 6.07) is 3.64. The Labute approximate surface area is 204 Å². The number of hydrogen-bond donors (Lipinski definition) is 0. The van der Waals surface area contributed by atoms with Gasteiger partial charge in [-0.15, -0.1) is 39.9 Å². The summed E-state index contributed by atoms with van der Waals surface area (Å²) in [6.45, 7) is 7.45. The second-order valence-corrected chi connectivity index (χ2v) is 10.1. The van der Waals surface area contributed by atoms with E-state index in [0.717, 1.165) is 22.9 Å². The second-order valence-electron chi connectivity index (χ2n) is 7.36. The van der Waals surface area contributed by atoms with Crippen LogP contribution in [0.1, 0.15) is 51.5 Å². The first kappa shape index (κ1) is 23.5. The molecule has 2 amide bonds. The minimum atomic E-state index is -0.162. The monoisotopic (exact) mass is 500 g/mol. The molecule has 0 N–H and O–H groups in total. The van der Waals surface area contributed by atoms with Crippen molar-refractivity contribution in [2.24, 2.45) is 0 Å². The summed E-state index contributed by atoms with van der Waals surface area (Å²) in [4.78, 5) is 38.5. The van der Waals surface area contributed by atoms with Crippen LogP contribution in [0.25, 0.3) is 0 Å². The van der Waals surface area contributed by atoms with Gasteiger partial charge in [0.25, 0.3) is 11.8 Å². The van der Waals surface area contributed by atoms with Gasteiger partial charge in [-0.05, 0) is 31.9 Å². The molecule has 8 nitrogen and oxygen atoms in total. The molecule has 0 spiro atoms. The van der Waals surface area contributed by atoms with E-state index in [9.17, 15) is 9.59 Å². The average molecular weight is 501 g/mol. The molecule has 0 radical (unpaired) electrons. The van der Waals surface area contributed by atoms with Gasteiger partial charge < -0.3 is 4.90 Å². The molecule has 11 heteroatoms. The summed E-state index contributed by atoms with van der Waals surface area (Å²) >= 11 is 4.36. The van der Waals surface area contributed by atoms with Crippen LogP contribution < -0.4 is 4.90 Å². The van der Waals surface area contributed by atoms with Gasteiger partial charge in [-0.1, -0.05) is 17.4 Å². The van der Waals surface area contributed by atoms with Gasteiger partial charge in [-0.3, -0.25) is 14.5 Å². The standard InChI is InChI=1S/C22H24N6O2S3/c1-3-12-31-19-16(6-5-9-23-19)20(29)27-10-7-15(8-11-27)18-25-17(13-32-18)21(30)28(4-2)22-26-24-14-33-22/h3,5-6,9,13-15H,1,4,7-8,10-12H2,2H3. The lowest BCUT2D eigenvalue weighted by molar-refractivity contribution is 0.0708. The van der Waals surface area contributed by atoms with Crippen molar-refractivity contribution in [3.05, 3.63) is 58.1 Å². The Morgan fingerprint density at radius 3 is 2.85 bits per heavy atom. The number of aromatic nitrogens is 4. The molecule has 1 aliphatic heterocycles. The van der Waals surface area contributed by atoms with Crippen molar-refractivity contribution in [3.63, 3.8) is 0 Å². The van der Waals surface area contributed by atoms with E-state index in [4.69, 9.17) is 0 Å².